The minimum Gasteiger partial charge on any atom is -0.443 e. The van der Waals surface area contributed by atoms with Gasteiger partial charge in [-0.15, -0.1) is 11.3 Å². The van der Waals surface area contributed by atoms with Crippen molar-refractivity contribution in [2.24, 2.45) is 0 Å². The van der Waals surface area contributed by atoms with E-state index in [4.69, 9.17) is 4.74 Å². The Kier molecular flexibility index (Phi) is 5.33. The van der Waals surface area contributed by atoms with Crippen LogP contribution in [0, 0.1) is 6.92 Å². The Morgan fingerprint density at radius 2 is 2.00 bits per heavy atom. The van der Waals surface area contributed by atoms with Crippen LogP contribution in [0.1, 0.15) is 29.2 Å². The molecule has 118 valence electrons. The highest BCUT2D eigenvalue weighted by molar-refractivity contribution is 7.89. The van der Waals surface area contributed by atoms with Crippen molar-refractivity contribution < 1.29 is 17.9 Å². The largest absolute Gasteiger partial charge is 0.443 e. The number of hydrogen-bond donors (Lipinski definition) is 1. The van der Waals surface area contributed by atoms with Crippen LogP contribution in [-0.4, -0.2) is 14.9 Å². The lowest BCUT2D eigenvalue weighted by atomic mass is 10.1. The summed E-state index contributed by atoms with van der Waals surface area (Å²) >= 11 is 1.52. The van der Waals surface area contributed by atoms with Gasteiger partial charge in [0.15, 0.2) is 6.23 Å². The highest BCUT2D eigenvalue weighted by atomic mass is 32.2. The molecule has 0 saturated carbocycles. The molecule has 0 amide bonds. The number of benzene rings is 1. The predicted molar refractivity (Wildman–Crippen MR) is 85.1 cm³/mol. The molecule has 1 N–H and O–H groups in total. The van der Waals surface area contributed by atoms with Crippen molar-refractivity contribution in [3.8, 4) is 0 Å². The molecular weight excluding hydrogens is 322 g/mol. The third-order valence-electron chi connectivity index (χ3n) is 3.29. The number of thiophene rings is 1. The molecule has 0 spiro atoms. The number of hydrogen-bond acceptors (Lipinski definition) is 5. The average Bonchev–Trinajstić information content (AvgIpc) is 2.88. The molecule has 0 fully saturated rings. The number of sulfonamides is 1. The Labute approximate surface area is 134 Å². The zero-order valence-electron chi connectivity index (χ0n) is 12.3. The maximum absolute atomic E-state index is 12.4. The molecule has 0 aliphatic rings. The molecule has 0 aliphatic carbocycles. The Bertz CT molecular complexity index is 738. The standard InChI is InChI=1S/C15H17NO4S2/c1-3-14-11(2)13(9-21-14)15(20-10-17)16-22(18,19)12-7-5-4-6-8-12/h4-10,15-16H,3H2,1-2H3. The van der Waals surface area contributed by atoms with Crippen molar-refractivity contribution in [2.75, 3.05) is 0 Å². The molecule has 1 atom stereocenters. The van der Waals surface area contributed by atoms with Gasteiger partial charge in [-0.1, -0.05) is 25.1 Å². The number of rotatable bonds is 7. The first-order valence-electron chi connectivity index (χ1n) is 6.73. The molecule has 1 aromatic carbocycles. The first kappa shape index (κ1) is 16.7. The Morgan fingerprint density at radius 3 is 2.55 bits per heavy atom. The summed E-state index contributed by atoms with van der Waals surface area (Å²) in [5.74, 6) is 0. The van der Waals surface area contributed by atoms with Crippen molar-refractivity contribution in [1.82, 2.24) is 4.72 Å². The zero-order valence-corrected chi connectivity index (χ0v) is 13.9. The lowest BCUT2D eigenvalue weighted by Gasteiger charge is -2.17. The van der Waals surface area contributed by atoms with Crippen LogP contribution in [0.15, 0.2) is 40.6 Å². The number of nitrogens with one attached hydrogen (secondary N) is 1. The van der Waals surface area contributed by atoms with Crippen LogP contribution < -0.4 is 4.72 Å². The van der Waals surface area contributed by atoms with E-state index in [0.29, 0.717) is 5.56 Å². The summed E-state index contributed by atoms with van der Waals surface area (Å²) in [4.78, 5) is 12.0. The lowest BCUT2D eigenvalue weighted by molar-refractivity contribution is -0.134. The van der Waals surface area contributed by atoms with E-state index in [1.165, 1.54) is 23.5 Å². The quantitative estimate of drug-likeness (QED) is 0.622. The minimum absolute atomic E-state index is 0.123. The topological polar surface area (TPSA) is 72.5 Å². The third kappa shape index (κ3) is 3.55. The van der Waals surface area contributed by atoms with Crippen LogP contribution in [0.5, 0.6) is 0 Å². The van der Waals surface area contributed by atoms with E-state index in [0.717, 1.165) is 16.9 Å². The number of carbonyl (C=O) groups is 1. The van der Waals surface area contributed by atoms with Crippen molar-refractivity contribution in [2.45, 2.75) is 31.4 Å². The minimum atomic E-state index is -3.77. The van der Waals surface area contributed by atoms with E-state index in [2.05, 4.69) is 4.72 Å². The second kappa shape index (κ2) is 7.04. The predicted octanol–water partition coefficient (Wildman–Crippen LogP) is 2.77. The molecule has 0 radical (unpaired) electrons. The smallest absolute Gasteiger partial charge is 0.294 e. The highest BCUT2D eigenvalue weighted by Crippen LogP contribution is 2.29. The molecule has 0 saturated heterocycles. The van der Waals surface area contributed by atoms with Crippen LogP contribution in [0.25, 0.3) is 0 Å². The molecule has 22 heavy (non-hydrogen) atoms. The highest BCUT2D eigenvalue weighted by Gasteiger charge is 2.25. The van der Waals surface area contributed by atoms with Gasteiger partial charge in [0.05, 0.1) is 4.90 Å². The van der Waals surface area contributed by atoms with Gasteiger partial charge in [-0.05, 0) is 36.4 Å². The summed E-state index contributed by atoms with van der Waals surface area (Å²) in [5, 5.41) is 1.82. The van der Waals surface area contributed by atoms with E-state index in [1.807, 2.05) is 19.2 Å². The Hall–Kier alpha value is -1.70. The summed E-state index contributed by atoms with van der Waals surface area (Å²) in [7, 11) is -3.77. The Balaban J connectivity index is 2.33. The van der Waals surface area contributed by atoms with Crippen molar-refractivity contribution >= 4 is 27.8 Å². The number of aryl methyl sites for hydroxylation is 1. The molecule has 1 heterocycles. The van der Waals surface area contributed by atoms with Crippen LogP contribution in [-0.2, 0) is 26.0 Å². The van der Waals surface area contributed by atoms with Gasteiger partial charge in [0.2, 0.25) is 10.0 Å². The summed E-state index contributed by atoms with van der Waals surface area (Å²) in [6, 6.07) is 7.97. The van der Waals surface area contributed by atoms with Gasteiger partial charge in [0, 0.05) is 10.4 Å². The van der Waals surface area contributed by atoms with Crippen molar-refractivity contribution in [3.63, 3.8) is 0 Å². The molecule has 2 aromatic rings. The molecule has 1 unspecified atom stereocenters. The van der Waals surface area contributed by atoms with Crippen molar-refractivity contribution in [3.05, 3.63) is 51.7 Å². The van der Waals surface area contributed by atoms with E-state index < -0.39 is 16.3 Å². The molecule has 1 aromatic heterocycles. The Morgan fingerprint density at radius 1 is 1.32 bits per heavy atom. The fourth-order valence-electron chi connectivity index (χ4n) is 2.11. The second-order valence-corrected chi connectivity index (χ2v) is 7.32. The lowest BCUT2D eigenvalue weighted by Crippen LogP contribution is -2.30. The van der Waals surface area contributed by atoms with Gasteiger partial charge in [0.25, 0.3) is 6.47 Å². The van der Waals surface area contributed by atoms with Gasteiger partial charge < -0.3 is 4.74 Å². The molecule has 0 bridgehead atoms. The molecule has 5 nitrogen and oxygen atoms in total. The SMILES string of the molecule is CCc1scc(C(NS(=O)(=O)c2ccccc2)OC=O)c1C. The number of carbonyl (C=O) groups excluding carboxylic acids is 1. The van der Waals surface area contributed by atoms with E-state index in [9.17, 15) is 13.2 Å². The maximum atomic E-state index is 12.4. The average molecular weight is 339 g/mol. The van der Waals surface area contributed by atoms with Crippen LogP contribution in [0.4, 0.5) is 0 Å². The summed E-state index contributed by atoms with van der Waals surface area (Å²) in [6.45, 7) is 4.16. The van der Waals surface area contributed by atoms with E-state index in [1.54, 1.807) is 18.2 Å². The maximum Gasteiger partial charge on any atom is 0.294 e. The summed E-state index contributed by atoms with van der Waals surface area (Å²) < 4.78 is 32.1. The molecule has 0 aliphatic heterocycles. The van der Waals surface area contributed by atoms with E-state index >= 15 is 0 Å². The molecular formula is C15H17NO4S2. The van der Waals surface area contributed by atoms with E-state index in [-0.39, 0.29) is 11.4 Å². The van der Waals surface area contributed by atoms with Gasteiger partial charge in [-0.2, -0.15) is 4.72 Å². The summed E-state index contributed by atoms with van der Waals surface area (Å²) in [5.41, 5.74) is 1.60. The van der Waals surface area contributed by atoms with Crippen LogP contribution >= 0.6 is 11.3 Å². The molecule has 2 rings (SSSR count). The van der Waals surface area contributed by atoms with Crippen LogP contribution in [0.2, 0.25) is 0 Å². The normalized spacial score (nSPS) is 12.8. The first-order chi connectivity index (χ1) is 10.5. The fraction of sp³-hybridized carbons (Fsp3) is 0.267. The second-order valence-electron chi connectivity index (χ2n) is 4.64. The van der Waals surface area contributed by atoms with Gasteiger partial charge in [-0.25, -0.2) is 8.42 Å². The van der Waals surface area contributed by atoms with Gasteiger partial charge in [0.1, 0.15) is 0 Å². The fourth-order valence-corrected chi connectivity index (χ4v) is 4.25. The summed E-state index contributed by atoms with van der Waals surface area (Å²) in [6.07, 6.45) is -0.185. The zero-order chi connectivity index (χ0) is 16.2. The van der Waals surface area contributed by atoms with Crippen LogP contribution in [0.3, 0.4) is 0 Å². The third-order valence-corrected chi connectivity index (χ3v) is 5.96. The number of ether oxygens (including phenoxy) is 1. The first-order valence-corrected chi connectivity index (χ1v) is 9.09. The monoisotopic (exact) mass is 339 g/mol. The van der Waals surface area contributed by atoms with Gasteiger partial charge >= 0.3 is 0 Å². The molecule has 7 heteroatoms. The van der Waals surface area contributed by atoms with Gasteiger partial charge in [-0.3, -0.25) is 4.79 Å². The van der Waals surface area contributed by atoms with Crippen molar-refractivity contribution in [1.29, 1.82) is 0 Å².